The summed E-state index contributed by atoms with van der Waals surface area (Å²) in [5.41, 5.74) is 6.30. The molecular formula is C13H11ClN2O3. The van der Waals surface area contributed by atoms with Crippen molar-refractivity contribution >= 4 is 23.0 Å². The van der Waals surface area contributed by atoms with Gasteiger partial charge in [0.15, 0.2) is 0 Å². The molecule has 2 aromatic rings. The Kier molecular flexibility index (Phi) is 3.87. The first-order chi connectivity index (χ1) is 9.08. The smallest absolute Gasteiger partial charge is 0.292 e. The van der Waals surface area contributed by atoms with Gasteiger partial charge >= 0.3 is 0 Å². The zero-order chi connectivity index (χ0) is 13.8. The summed E-state index contributed by atoms with van der Waals surface area (Å²) in [5, 5.41) is 11.3. The van der Waals surface area contributed by atoms with Crippen LogP contribution in [0.25, 0.3) is 0 Å². The molecule has 0 saturated heterocycles. The predicted molar refractivity (Wildman–Crippen MR) is 73.3 cm³/mol. The molecule has 0 atom stereocenters. The van der Waals surface area contributed by atoms with Gasteiger partial charge < -0.3 is 10.5 Å². The van der Waals surface area contributed by atoms with Crippen molar-refractivity contribution in [1.29, 1.82) is 0 Å². The van der Waals surface area contributed by atoms with E-state index in [1.54, 1.807) is 36.4 Å². The van der Waals surface area contributed by atoms with Gasteiger partial charge in [0.05, 0.1) is 4.92 Å². The second-order valence-corrected chi connectivity index (χ2v) is 4.29. The third kappa shape index (κ3) is 3.14. The lowest BCUT2D eigenvalue weighted by atomic mass is 10.1. The second kappa shape index (κ2) is 5.58. The number of nitrogens with two attached hydrogens (primary N) is 1. The van der Waals surface area contributed by atoms with E-state index in [2.05, 4.69) is 0 Å². The van der Waals surface area contributed by atoms with E-state index in [0.29, 0.717) is 16.3 Å². The van der Waals surface area contributed by atoms with Gasteiger partial charge in [0, 0.05) is 16.7 Å². The summed E-state index contributed by atoms with van der Waals surface area (Å²) in [4.78, 5) is 10.2. The van der Waals surface area contributed by atoms with Crippen molar-refractivity contribution in [2.45, 2.75) is 6.61 Å². The van der Waals surface area contributed by atoms with Crippen molar-refractivity contribution in [1.82, 2.24) is 0 Å². The van der Waals surface area contributed by atoms with E-state index in [0.717, 1.165) is 0 Å². The second-order valence-electron chi connectivity index (χ2n) is 3.85. The van der Waals surface area contributed by atoms with Gasteiger partial charge in [0.1, 0.15) is 18.0 Å². The number of nitrogens with zero attached hydrogens (tertiary/aromatic N) is 1. The first kappa shape index (κ1) is 13.2. The highest BCUT2D eigenvalue weighted by molar-refractivity contribution is 6.30. The minimum absolute atomic E-state index is 0.118. The molecule has 2 aromatic carbocycles. The molecule has 0 fully saturated rings. The van der Waals surface area contributed by atoms with E-state index in [-0.39, 0.29) is 18.0 Å². The van der Waals surface area contributed by atoms with Gasteiger partial charge in [-0.25, -0.2) is 0 Å². The third-order valence-electron chi connectivity index (χ3n) is 2.56. The highest BCUT2D eigenvalue weighted by atomic mass is 35.5. The van der Waals surface area contributed by atoms with Gasteiger partial charge in [-0.2, -0.15) is 0 Å². The van der Waals surface area contributed by atoms with E-state index >= 15 is 0 Å². The number of anilines is 1. The van der Waals surface area contributed by atoms with Crippen LogP contribution in [-0.2, 0) is 6.61 Å². The molecule has 19 heavy (non-hydrogen) atoms. The molecule has 5 nitrogen and oxygen atoms in total. The number of nitrogen functional groups attached to an aromatic ring is 1. The van der Waals surface area contributed by atoms with Crippen LogP contribution in [0.15, 0.2) is 42.5 Å². The Hall–Kier alpha value is -2.27. The van der Waals surface area contributed by atoms with Crippen LogP contribution in [0, 0.1) is 10.1 Å². The summed E-state index contributed by atoms with van der Waals surface area (Å²) in [5.74, 6) is 0.582. The Morgan fingerprint density at radius 3 is 2.68 bits per heavy atom. The molecule has 2 N–H and O–H groups in total. The molecule has 0 bridgehead atoms. The van der Waals surface area contributed by atoms with Gasteiger partial charge in [-0.15, -0.1) is 0 Å². The number of para-hydroxylation sites is 1. The summed E-state index contributed by atoms with van der Waals surface area (Å²) in [6.45, 7) is 0.147. The molecule has 0 saturated carbocycles. The zero-order valence-corrected chi connectivity index (χ0v) is 10.6. The number of ether oxygens (including phenoxy) is 1. The van der Waals surface area contributed by atoms with Crippen molar-refractivity contribution in [3.8, 4) is 5.75 Å². The molecule has 0 aliphatic heterocycles. The molecule has 6 heteroatoms. The minimum atomic E-state index is -0.516. The lowest BCUT2D eigenvalue weighted by molar-refractivity contribution is -0.384. The van der Waals surface area contributed by atoms with Crippen molar-refractivity contribution in [3.63, 3.8) is 0 Å². The molecule has 0 radical (unpaired) electrons. The predicted octanol–water partition coefficient (Wildman–Crippen LogP) is 3.41. The largest absolute Gasteiger partial charge is 0.489 e. The Morgan fingerprint density at radius 2 is 2.00 bits per heavy atom. The number of rotatable bonds is 4. The first-order valence-corrected chi connectivity index (χ1v) is 5.86. The van der Waals surface area contributed by atoms with Crippen LogP contribution in [-0.4, -0.2) is 4.92 Å². The summed E-state index contributed by atoms with van der Waals surface area (Å²) in [7, 11) is 0. The Labute approximate surface area is 114 Å². The molecular weight excluding hydrogens is 268 g/mol. The molecule has 2 rings (SSSR count). The molecule has 0 amide bonds. The van der Waals surface area contributed by atoms with E-state index in [1.807, 2.05) is 0 Å². The van der Waals surface area contributed by atoms with Crippen molar-refractivity contribution in [2.75, 3.05) is 5.73 Å². The molecule has 0 aliphatic carbocycles. The summed E-state index contributed by atoms with van der Waals surface area (Å²) in [6.07, 6.45) is 0. The lowest BCUT2D eigenvalue weighted by Crippen LogP contribution is -2.03. The van der Waals surface area contributed by atoms with Crippen LogP contribution in [0.2, 0.25) is 5.02 Å². The monoisotopic (exact) mass is 278 g/mol. The molecule has 0 heterocycles. The normalized spacial score (nSPS) is 10.2. The summed E-state index contributed by atoms with van der Waals surface area (Å²) in [6, 6.07) is 11.5. The number of benzene rings is 2. The average molecular weight is 279 g/mol. The Morgan fingerprint density at radius 1 is 1.26 bits per heavy atom. The van der Waals surface area contributed by atoms with Crippen LogP contribution in [0.3, 0.4) is 0 Å². The lowest BCUT2D eigenvalue weighted by Gasteiger charge is -2.08. The maximum Gasteiger partial charge on any atom is 0.292 e. The SMILES string of the molecule is Nc1c(COc2cccc(Cl)c2)cccc1[N+](=O)[O-]. The number of nitro benzene ring substituents is 1. The van der Waals surface area contributed by atoms with Gasteiger partial charge in [-0.05, 0) is 18.2 Å². The highest BCUT2D eigenvalue weighted by Crippen LogP contribution is 2.26. The number of hydrogen-bond donors (Lipinski definition) is 1. The molecule has 0 aromatic heterocycles. The molecule has 0 unspecified atom stereocenters. The van der Waals surface area contributed by atoms with E-state index in [4.69, 9.17) is 22.1 Å². The van der Waals surface area contributed by atoms with Gasteiger partial charge in [0.2, 0.25) is 0 Å². The number of halogens is 1. The van der Waals surface area contributed by atoms with Crippen LogP contribution >= 0.6 is 11.6 Å². The van der Waals surface area contributed by atoms with E-state index in [9.17, 15) is 10.1 Å². The fraction of sp³-hybridized carbons (Fsp3) is 0.0769. The summed E-state index contributed by atoms with van der Waals surface area (Å²) < 4.78 is 5.50. The molecule has 98 valence electrons. The molecule has 0 aliphatic rings. The first-order valence-electron chi connectivity index (χ1n) is 5.48. The van der Waals surface area contributed by atoms with Crippen LogP contribution in [0.1, 0.15) is 5.56 Å². The molecule has 0 spiro atoms. The standard InChI is InChI=1S/C13H11ClN2O3/c14-10-4-2-5-11(7-10)19-8-9-3-1-6-12(13(9)15)16(17)18/h1-7H,8,15H2. The zero-order valence-electron chi connectivity index (χ0n) is 9.88. The fourth-order valence-electron chi connectivity index (χ4n) is 1.60. The quantitative estimate of drug-likeness (QED) is 0.528. The van der Waals surface area contributed by atoms with Gasteiger partial charge in [0.25, 0.3) is 5.69 Å². The van der Waals surface area contributed by atoms with Crippen molar-refractivity contribution in [2.24, 2.45) is 0 Å². The van der Waals surface area contributed by atoms with Gasteiger partial charge in [-0.1, -0.05) is 29.8 Å². The Balaban J connectivity index is 2.16. The highest BCUT2D eigenvalue weighted by Gasteiger charge is 2.14. The Bertz CT molecular complexity index is 617. The van der Waals surface area contributed by atoms with Gasteiger partial charge in [-0.3, -0.25) is 10.1 Å². The maximum absolute atomic E-state index is 10.8. The van der Waals surface area contributed by atoms with Crippen LogP contribution in [0.5, 0.6) is 5.75 Å². The fourth-order valence-corrected chi connectivity index (χ4v) is 1.78. The topological polar surface area (TPSA) is 78.4 Å². The minimum Gasteiger partial charge on any atom is -0.489 e. The van der Waals surface area contributed by atoms with E-state index in [1.165, 1.54) is 6.07 Å². The third-order valence-corrected chi connectivity index (χ3v) is 2.80. The summed E-state index contributed by atoms with van der Waals surface area (Å²) >= 11 is 5.83. The number of nitro groups is 1. The average Bonchev–Trinajstić information content (AvgIpc) is 2.37. The van der Waals surface area contributed by atoms with E-state index < -0.39 is 4.92 Å². The van der Waals surface area contributed by atoms with Crippen molar-refractivity contribution in [3.05, 3.63) is 63.2 Å². The van der Waals surface area contributed by atoms with Crippen molar-refractivity contribution < 1.29 is 9.66 Å². The number of hydrogen-bond acceptors (Lipinski definition) is 4. The maximum atomic E-state index is 10.8. The van der Waals surface area contributed by atoms with Crippen LogP contribution in [0.4, 0.5) is 11.4 Å². The van der Waals surface area contributed by atoms with Crippen LogP contribution < -0.4 is 10.5 Å².